The zero-order valence-electron chi connectivity index (χ0n) is 14.3. The Morgan fingerprint density at radius 2 is 1.95 bits per heavy atom. The summed E-state index contributed by atoms with van der Waals surface area (Å²) in [5.41, 5.74) is 1.33. The summed E-state index contributed by atoms with van der Waals surface area (Å²) < 4.78 is 0. The van der Waals surface area contributed by atoms with Crippen LogP contribution in [0.15, 0.2) is 30.9 Å². The molecule has 22 heavy (non-hydrogen) atoms. The lowest BCUT2D eigenvalue weighted by Gasteiger charge is -2.35. The molecule has 1 aromatic rings. The van der Waals surface area contributed by atoms with Crippen molar-refractivity contribution in [3.8, 4) is 0 Å². The lowest BCUT2D eigenvalue weighted by Crippen LogP contribution is -2.46. The van der Waals surface area contributed by atoms with Crippen LogP contribution in [0.1, 0.15) is 26.5 Å². The molecule has 0 spiro atoms. The van der Waals surface area contributed by atoms with E-state index in [4.69, 9.17) is 4.98 Å². The van der Waals surface area contributed by atoms with E-state index in [0.717, 1.165) is 51.5 Å². The highest BCUT2D eigenvalue weighted by Gasteiger charge is 2.17. The lowest BCUT2D eigenvalue weighted by atomic mass is 10.1. The molecule has 0 atom stereocenters. The largest absolute Gasteiger partial charge is 0.354 e. The van der Waals surface area contributed by atoms with E-state index < -0.39 is 0 Å². The number of nitrogens with one attached hydrogen (secondary N) is 1. The molecule has 4 nitrogen and oxygen atoms in total. The molecule has 0 radical (unpaired) electrons. The van der Waals surface area contributed by atoms with Crippen molar-refractivity contribution >= 4 is 5.82 Å². The van der Waals surface area contributed by atoms with Crippen molar-refractivity contribution in [2.75, 3.05) is 44.2 Å². The van der Waals surface area contributed by atoms with E-state index >= 15 is 0 Å². The third kappa shape index (κ3) is 5.43. The predicted octanol–water partition coefficient (Wildman–Crippen LogP) is 2.32. The molecule has 4 heteroatoms. The van der Waals surface area contributed by atoms with Crippen LogP contribution in [0.25, 0.3) is 0 Å². The molecule has 1 fully saturated rings. The first-order valence-corrected chi connectivity index (χ1v) is 8.27. The number of anilines is 1. The summed E-state index contributed by atoms with van der Waals surface area (Å²) in [5, 5.41) is 3.52. The Morgan fingerprint density at radius 3 is 2.59 bits per heavy atom. The van der Waals surface area contributed by atoms with Gasteiger partial charge in [-0.1, -0.05) is 12.1 Å². The van der Waals surface area contributed by atoms with Crippen LogP contribution in [0.5, 0.6) is 0 Å². The highest BCUT2D eigenvalue weighted by atomic mass is 15.3. The van der Waals surface area contributed by atoms with Gasteiger partial charge in [-0.3, -0.25) is 4.90 Å². The van der Waals surface area contributed by atoms with Gasteiger partial charge in [0.2, 0.25) is 0 Å². The van der Waals surface area contributed by atoms with Crippen molar-refractivity contribution < 1.29 is 0 Å². The number of nitrogens with zero attached hydrogens (tertiary/aromatic N) is 3. The molecule has 122 valence electrons. The monoisotopic (exact) mass is 302 g/mol. The second kappa shape index (κ2) is 7.75. The predicted molar refractivity (Wildman–Crippen MR) is 94.5 cm³/mol. The van der Waals surface area contributed by atoms with Crippen molar-refractivity contribution in [1.29, 1.82) is 0 Å². The fraction of sp³-hybridized carbons (Fsp3) is 0.611. The van der Waals surface area contributed by atoms with E-state index in [0.29, 0.717) is 0 Å². The normalized spacial score (nSPS) is 16.8. The third-order valence-corrected chi connectivity index (χ3v) is 3.91. The van der Waals surface area contributed by atoms with Crippen molar-refractivity contribution in [2.24, 2.45) is 0 Å². The fourth-order valence-corrected chi connectivity index (χ4v) is 2.69. The minimum Gasteiger partial charge on any atom is -0.354 e. The Kier molecular flexibility index (Phi) is 5.98. The number of aromatic nitrogens is 1. The third-order valence-electron chi connectivity index (χ3n) is 3.91. The summed E-state index contributed by atoms with van der Waals surface area (Å²) in [7, 11) is 0. The summed E-state index contributed by atoms with van der Waals surface area (Å²) in [5.74, 6) is 1.12. The van der Waals surface area contributed by atoms with Crippen LogP contribution >= 0.6 is 0 Å². The average molecular weight is 302 g/mol. The molecule has 0 amide bonds. The second-order valence-electron chi connectivity index (χ2n) is 6.99. The number of hydrogen-bond acceptors (Lipinski definition) is 4. The molecule has 0 unspecified atom stereocenters. The lowest BCUT2D eigenvalue weighted by molar-refractivity contribution is 0.283. The fourth-order valence-electron chi connectivity index (χ4n) is 2.69. The molecule has 1 aliphatic rings. The van der Waals surface area contributed by atoms with Crippen LogP contribution < -0.4 is 10.2 Å². The standard InChI is InChI=1S/C18H30N4/c1-5-11-21-12-14-22(15-13-21)17-8-6-7-16(20-17)9-10-19-18(2,3)4/h5-8,19H,1,9-15H2,2-4H3. The maximum Gasteiger partial charge on any atom is 0.128 e. The Balaban J connectivity index is 1.87. The van der Waals surface area contributed by atoms with E-state index in [1.54, 1.807) is 0 Å². The SMILES string of the molecule is C=CCN1CCN(c2cccc(CCNC(C)(C)C)n2)CC1. The summed E-state index contributed by atoms with van der Waals surface area (Å²) in [6.07, 6.45) is 2.96. The van der Waals surface area contributed by atoms with Gasteiger partial charge in [0.25, 0.3) is 0 Å². The first kappa shape index (κ1) is 17.0. The molecule has 2 rings (SSSR count). The Bertz CT molecular complexity index is 470. The van der Waals surface area contributed by atoms with Crippen LogP contribution in [-0.2, 0) is 6.42 Å². The molecule has 1 aromatic heterocycles. The molecular weight excluding hydrogens is 272 g/mol. The highest BCUT2D eigenvalue weighted by Crippen LogP contribution is 2.14. The van der Waals surface area contributed by atoms with Crippen LogP contribution in [-0.4, -0.2) is 54.7 Å². The molecule has 2 heterocycles. The maximum absolute atomic E-state index is 4.83. The Labute approximate surface area is 135 Å². The Morgan fingerprint density at radius 1 is 1.23 bits per heavy atom. The van der Waals surface area contributed by atoms with E-state index in [2.05, 4.69) is 60.7 Å². The van der Waals surface area contributed by atoms with E-state index in [1.165, 1.54) is 5.69 Å². The van der Waals surface area contributed by atoms with Crippen LogP contribution in [0.2, 0.25) is 0 Å². The minimum atomic E-state index is 0.166. The Hall–Kier alpha value is -1.39. The van der Waals surface area contributed by atoms with Crippen molar-refractivity contribution in [3.63, 3.8) is 0 Å². The topological polar surface area (TPSA) is 31.4 Å². The zero-order valence-corrected chi connectivity index (χ0v) is 14.3. The zero-order chi connectivity index (χ0) is 16.0. The van der Waals surface area contributed by atoms with Gasteiger partial charge in [0.05, 0.1) is 0 Å². The van der Waals surface area contributed by atoms with Gasteiger partial charge in [0, 0.05) is 56.9 Å². The summed E-state index contributed by atoms with van der Waals surface area (Å²) in [6, 6.07) is 6.39. The summed E-state index contributed by atoms with van der Waals surface area (Å²) >= 11 is 0. The van der Waals surface area contributed by atoms with Gasteiger partial charge >= 0.3 is 0 Å². The van der Waals surface area contributed by atoms with Crippen LogP contribution in [0.4, 0.5) is 5.82 Å². The first-order chi connectivity index (χ1) is 10.5. The maximum atomic E-state index is 4.83. The molecule has 1 N–H and O–H groups in total. The van der Waals surface area contributed by atoms with Gasteiger partial charge in [-0.25, -0.2) is 4.98 Å². The second-order valence-corrected chi connectivity index (χ2v) is 6.99. The van der Waals surface area contributed by atoms with Crippen molar-refractivity contribution in [2.45, 2.75) is 32.7 Å². The highest BCUT2D eigenvalue weighted by molar-refractivity contribution is 5.40. The van der Waals surface area contributed by atoms with Gasteiger partial charge in [-0.2, -0.15) is 0 Å². The van der Waals surface area contributed by atoms with E-state index in [-0.39, 0.29) is 5.54 Å². The molecule has 1 aliphatic heterocycles. The molecule has 0 saturated carbocycles. The number of pyridine rings is 1. The average Bonchev–Trinajstić information content (AvgIpc) is 2.47. The quantitative estimate of drug-likeness (QED) is 0.817. The molecule has 0 aliphatic carbocycles. The van der Waals surface area contributed by atoms with Gasteiger partial charge in [-0.05, 0) is 32.9 Å². The number of rotatable bonds is 6. The molecule has 1 saturated heterocycles. The number of piperazine rings is 1. The van der Waals surface area contributed by atoms with Gasteiger partial charge < -0.3 is 10.2 Å². The van der Waals surface area contributed by atoms with Crippen LogP contribution in [0.3, 0.4) is 0 Å². The summed E-state index contributed by atoms with van der Waals surface area (Å²) in [4.78, 5) is 9.65. The molecule has 0 aromatic carbocycles. The minimum absolute atomic E-state index is 0.166. The van der Waals surface area contributed by atoms with E-state index in [1.807, 2.05) is 6.08 Å². The number of hydrogen-bond donors (Lipinski definition) is 1. The van der Waals surface area contributed by atoms with Gasteiger partial charge in [0.1, 0.15) is 5.82 Å². The van der Waals surface area contributed by atoms with Crippen LogP contribution in [0, 0.1) is 0 Å². The molecule has 0 bridgehead atoms. The smallest absolute Gasteiger partial charge is 0.128 e. The van der Waals surface area contributed by atoms with Crippen molar-refractivity contribution in [3.05, 3.63) is 36.5 Å². The first-order valence-electron chi connectivity index (χ1n) is 8.27. The van der Waals surface area contributed by atoms with Crippen molar-refractivity contribution in [1.82, 2.24) is 15.2 Å². The van der Waals surface area contributed by atoms with E-state index in [9.17, 15) is 0 Å². The van der Waals surface area contributed by atoms with Gasteiger partial charge in [0.15, 0.2) is 0 Å². The molecular formula is C18H30N4. The summed E-state index contributed by atoms with van der Waals surface area (Å²) in [6.45, 7) is 16.6. The van der Waals surface area contributed by atoms with Gasteiger partial charge in [-0.15, -0.1) is 6.58 Å².